The number of benzene rings is 2. The zero-order valence-corrected chi connectivity index (χ0v) is 15.8. The lowest BCUT2D eigenvalue weighted by molar-refractivity contribution is 0.0596. The lowest BCUT2D eigenvalue weighted by atomic mass is 10.1. The zero-order chi connectivity index (χ0) is 18.0. The summed E-state index contributed by atoms with van der Waals surface area (Å²) in [6.45, 7) is 5.87. The molecule has 3 nitrogen and oxygen atoms in total. The number of hydrogen-bond acceptors (Lipinski definition) is 3. The summed E-state index contributed by atoms with van der Waals surface area (Å²) in [4.78, 5) is 5.17. The molecule has 0 radical (unpaired) electrons. The number of aryl methyl sites for hydroxylation is 1. The van der Waals surface area contributed by atoms with Gasteiger partial charge in [-0.25, -0.2) is 0 Å². The van der Waals surface area contributed by atoms with Crippen LogP contribution in [0.15, 0.2) is 60.7 Å². The van der Waals surface area contributed by atoms with Gasteiger partial charge in [-0.15, -0.1) is 0 Å². The second-order valence-corrected chi connectivity index (χ2v) is 7.33. The monoisotopic (exact) mass is 352 g/mol. The predicted molar refractivity (Wildman–Crippen MR) is 108 cm³/mol. The van der Waals surface area contributed by atoms with Crippen LogP contribution in [0, 0.1) is 0 Å². The number of nitrogens with zero attached hydrogens (tertiary/aromatic N) is 2. The van der Waals surface area contributed by atoms with Crippen LogP contribution in [0.2, 0.25) is 0 Å². The van der Waals surface area contributed by atoms with E-state index in [-0.39, 0.29) is 6.61 Å². The number of aliphatic hydroxyl groups is 1. The highest BCUT2D eigenvalue weighted by molar-refractivity contribution is 5.15. The van der Waals surface area contributed by atoms with Gasteiger partial charge in [0.2, 0.25) is 0 Å². The van der Waals surface area contributed by atoms with Crippen molar-refractivity contribution in [3.8, 4) is 0 Å². The first kappa shape index (κ1) is 19.1. The normalized spacial score (nSPS) is 18.9. The molecule has 0 bridgehead atoms. The van der Waals surface area contributed by atoms with Crippen LogP contribution < -0.4 is 0 Å². The maximum absolute atomic E-state index is 9.49. The highest BCUT2D eigenvalue weighted by Gasteiger charge is 2.25. The van der Waals surface area contributed by atoms with E-state index in [9.17, 15) is 5.11 Å². The van der Waals surface area contributed by atoms with E-state index < -0.39 is 0 Å². The minimum atomic E-state index is 0.282. The molecule has 3 heteroatoms. The average molecular weight is 353 g/mol. The van der Waals surface area contributed by atoms with Crippen molar-refractivity contribution in [2.45, 2.75) is 31.7 Å². The number of piperazine rings is 1. The minimum absolute atomic E-state index is 0.282. The smallest absolute Gasteiger partial charge is 0.0446 e. The van der Waals surface area contributed by atoms with Gasteiger partial charge in [-0.2, -0.15) is 0 Å². The Kier molecular flexibility index (Phi) is 7.68. The highest BCUT2D eigenvalue weighted by Crippen LogP contribution is 2.15. The third-order valence-corrected chi connectivity index (χ3v) is 5.46. The summed E-state index contributed by atoms with van der Waals surface area (Å²) in [5, 5.41) is 9.49. The lowest BCUT2D eigenvalue weighted by Gasteiger charge is -2.41. The van der Waals surface area contributed by atoms with Crippen molar-refractivity contribution in [2.75, 3.05) is 39.3 Å². The first-order chi connectivity index (χ1) is 12.8. The summed E-state index contributed by atoms with van der Waals surface area (Å²) < 4.78 is 0. The van der Waals surface area contributed by atoms with Crippen LogP contribution in [0.25, 0.3) is 0 Å². The third kappa shape index (κ3) is 5.94. The zero-order valence-electron chi connectivity index (χ0n) is 15.8. The van der Waals surface area contributed by atoms with E-state index in [1.165, 1.54) is 17.5 Å². The molecule has 0 aromatic heterocycles. The summed E-state index contributed by atoms with van der Waals surface area (Å²) in [5.41, 5.74) is 2.83. The first-order valence-corrected chi connectivity index (χ1v) is 10.0. The number of hydrogen-bond donors (Lipinski definition) is 1. The van der Waals surface area contributed by atoms with Crippen LogP contribution in [0.1, 0.15) is 24.0 Å². The standard InChI is InChI=1S/C23H32N2O/c26-19-14-23-20-24(15-7-12-21-8-3-1-4-9-21)17-18-25(23)16-13-22-10-5-2-6-11-22/h1-6,8-11,23,26H,7,12-20H2. The van der Waals surface area contributed by atoms with E-state index in [2.05, 4.69) is 70.5 Å². The Hall–Kier alpha value is -1.68. The molecule has 2 aromatic rings. The summed E-state index contributed by atoms with van der Waals surface area (Å²) in [6.07, 6.45) is 4.33. The van der Waals surface area contributed by atoms with Crippen LogP contribution in [0.5, 0.6) is 0 Å². The van der Waals surface area contributed by atoms with E-state index in [1.807, 2.05) is 0 Å². The van der Waals surface area contributed by atoms with Crippen LogP contribution in [-0.2, 0) is 12.8 Å². The Bertz CT molecular complexity index is 617. The van der Waals surface area contributed by atoms with Crippen molar-refractivity contribution < 1.29 is 5.11 Å². The Morgan fingerprint density at radius 3 is 2.12 bits per heavy atom. The molecule has 1 atom stereocenters. The predicted octanol–water partition coefficient (Wildman–Crippen LogP) is 3.23. The molecule has 1 N–H and O–H groups in total. The molecule has 140 valence electrons. The SMILES string of the molecule is OCCC1CN(CCCc2ccccc2)CCN1CCc1ccccc1. The van der Waals surface area contributed by atoms with E-state index in [1.54, 1.807) is 0 Å². The van der Waals surface area contributed by atoms with Crippen molar-refractivity contribution in [3.05, 3.63) is 71.8 Å². The summed E-state index contributed by atoms with van der Waals surface area (Å²) in [5.74, 6) is 0. The van der Waals surface area contributed by atoms with Gasteiger partial charge < -0.3 is 10.0 Å². The quantitative estimate of drug-likeness (QED) is 0.751. The van der Waals surface area contributed by atoms with Gasteiger partial charge in [0.05, 0.1) is 0 Å². The molecule has 1 aliphatic rings. The number of aliphatic hydroxyl groups excluding tert-OH is 1. The van der Waals surface area contributed by atoms with E-state index in [4.69, 9.17) is 0 Å². The molecular formula is C23H32N2O. The van der Waals surface area contributed by atoms with Crippen molar-refractivity contribution in [2.24, 2.45) is 0 Å². The molecule has 1 unspecified atom stereocenters. The second kappa shape index (κ2) is 10.5. The molecule has 26 heavy (non-hydrogen) atoms. The van der Waals surface area contributed by atoms with Crippen molar-refractivity contribution in [1.82, 2.24) is 9.80 Å². The van der Waals surface area contributed by atoms with Gasteiger partial charge in [0.15, 0.2) is 0 Å². The van der Waals surface area contributed by atoms with Crippen LogP contribution >= 0.6 is 0 Å². The lowest BCUT2D eigenvalue weighted by Crippen LogP contribution is -2.54. The fraction of sp³-hybridized carbons (Fsp3) is 0.478. The molecule has 1 saturated heterocycles. The Morgan fingerprint density at radius 2 is 1.46 bits per heavy atom. The number of rotatable bonds is 9. The van der Waals surface area contributed by atoms with Gasteiger partial charge in [0.1, 0.15) is 0 Å². The maximum Gasteiger partial charge on any atom is 0.0446 e. The molecule has 2 aromatic carbocycles. The maximum atomic E-state index is 9.49. The average Bonchev–Trinajstić information content (AvgIpc) is 2.69. The fourth-order valence-electron chi connectivity index (χ4n) is 3.95. The molecule has 3 rings (SSSR count). The molecule has 0 spiro atoms. The van der Waals surface area contributed by atoms with E-state index >= 15 is 0 Å². The Morgan fingerprint density at radius 1 is 0.808 bits per heavy atom. The largest absolute Gasteiger partial charge is 0.396 e. The Labute approximate surface area is 158 Å². The topological polar surface area (TPSA) is 26.7 Å². The van der Waals surface area contributed by atoms with Gasteiger partial charge in [-0.1, -0.05) is 60.7 Å². The molecule has 0 saturated carbocycles. The Balaban J connectivity index is 1.44. The summed E-state index contributed by atoms with van der Waals surface area (Å²) in [6, 6.07) is 22.0. The van der Waals surface area contributed by atoms with Crippen LogP contribution in [0.4, 0.5) is 0 Å². The first-order valence-electron chi connectivity index (χ1n) is 10.0. The van der Waals surface area contributed by atoms with Crippen molar-refractivity contribution in [1.29, 1.82) is 0 Å². The molecule has 1 aliphatic heterocycles. The third-order valence-electron chi connectivity index (χ3n) is 5.46. The molecule has 0 aliphatic carbocycles. The van der Waals surface area contributed by atoms with E-state index in [0.717, 1.165) is 52.0 Å². The van der Waals surface area contributed by atoms with Gasteiger partial charge in [0.25, 0.3) is 0 Å². The van der Waals surface area contributed by atoms with Crippen molar-refractivity contribution >= 4 is 0 Å². The highest BCUT2D eigenvalue weighted by atomic mass is 16.3. The van der Waals surface area contributed by atoms with Crippen LogP contribution in [0.3, 0.4) is 0 Å². The summed E-state index contributed by atoms with van der Waals surface area (Å²) >= 11 is 0. The second-order valence-electron chi connectivity index (χ2n) is 7.33. The van der Waals surface area contributed by atoms with Gasteiger partial charge in [-0.05, 0) is 43.4 Å². The molecule has 0 amide bonds. The van der Waals surface area contributed by atoms with Crippen LogP contribution in [-0.4, -0.2) is 60.3 Å². The van der Waals surface area contributed by atoms with Gasteiger partial charge in [-0.3, -0.25) is 4.90 Å². The minimum Gasteiger partial charge on any atom is -0.396 e. The van der Waals surface area contributed by atoms with E-state index in [0.29, 0.717) is 6.04 Å². The molecule has 1 fully saturated rings. The van der Waals surface area contributed by atoms with Crippen molar-refractivity contribution in [3.63, 3.8) is 0 Å². The molecular weight excluding hydrogens is 320 g/mol. The van der Waals surface area contributed by atoms with Gasteiger partial charge >= 0.3 is 0 Å². The summed E-state index contributed by atoms with van der Waals surface area (Å²) in [7, 11) is 0. The van der Waals surface area contributed by atoms with Gasteiger partial charge in [0, 0.05) is 38.8 Å². The molecule has 1 heterocycles. The fourth-order valence-corrected chi connectivity index (χ4v) is 3.95.